The molecule has 1 aliphatic heterocycles. The molecule has 1 amide bonds. The summed E-state index contributed by atoms with van der Waals surface area (Å²) in [6, 6.07) is 12.1. The SMILES string of the molecule is COCC(=O)c1nc2c(C#N)c(C)c(-c3ccccc3)c(N3CC[C@@](C)(CNC(=O)OC(C)(C)C)C3)n2n1. The van der Waals surface area contributed by atoms with E-state index in [1.807, 2.05) is 58.0 Å². The molecule has 4 rings (SSSR count). The lowest BCUT2D eigenvalue weighted by Gasteiger charge is -2.28. The van der Waals surface area contributed by atoms with Crippen molar-refractivity contribution in [2.75, 3.05) is 38.3 Å². The van der Waals surface area contributed by atoms with Gasteiger partial charge in [0.1, 0.15) is 29.7 Å². The van der Waals surface area contributed by atoms with E-state index in [9.17, 15) is 14.9 Å². The summed E-state index contributed by atoms with van der Waals surface area (Å²) in [6.45, 7) is 11.1. The number of hydrogen-bond acceptors (Lipinski definition) is 8. The molecule has 1 fully saturated rings. The van der Waals surface area contributed by atoms with Gasteiger partial charge in [0, 0.05) is 37.7 Å². The lowest BCUT2D eigenvalue weighted by Crippen LogP contribution is -2.40. The first-order chi connectivity index (χ1) is 18.0. The topological polar surface area (TPSA) is 122 Å². The first-order valence-corrected chi connectivity index (χ1v) is 12.6. The number of ether oxygens (including phenoxy) is 2. The molecule has 3 heterocycles. The molecule has 1 saturated heterocycles. The van der Waals surface area contributed by atoms with E-state index in [0.717, 1.165) is 28.9 Å². The molecule has 38 heavy (non-hydrogen) atoms. The maximum absolute atomic E-state index is 12.6. The number of alkyl carbamates (subject to hydrolysis) is 1. The van der Waals surface area contributed by atoms with Crippen molar-refractivity contribution in [3.63, 3.8) is 0 Å². The predicted molar refractivity (Wildman–Crippen MR) is 143 cm³/mol. The van der Waals surface area contributed by atoms with Crippen LogP contribution in [0.25, 0.3) is 16.8 Å². The maximum Gasteiger partial charge on any atom is 0.407 e. The number of amides is 1. The number of pyridine rings is 1. The van der Waals surface area contributed by atoms with Crippen LogP contribution in [0.4, 0.5) is 10.6 Å². The maximum atomic E-state index is 12.6. The second-order valence-corrected chi connectivity index (χ2v) is 11.0. The molecule has 10 heteroatoms. The molecule has 0 spiro atoms. The van der Waals surface area contributed by atoms with E-state index >= 15 is 0 Å². The zero-order valence-electron chi connectivity index (χ0n) is 22.8. The third-order valence-electron chi connectivity index (χ3n) is 6.62. The summed E-state index contributed by atoms with van der Waals surface area (Å²) in [5.74, 6) is 0.396. The first kappa shape index (κ1) is 27.1. The van der Waals surface area contributed by atoms with Crippen molar-refractivity contribution in [2.45, 2.75) is 46.6 Å². The lowest BCUT2D eigenvalue weighted by molar-refractivity contribution is 0.0507. The second kappa shape index (κ2) is 10.4. The molecule has 0 unspecified atom stereocenters. The minimum absolute atomic E-state index is 0.00256. The van der Waals surface area contributed by atoms with E-state index in [1.54, 1.807) is 4.52 Å². The van der Waals surface area contributed by atoms with Crippen LogP contribution in [0, 0.1) is 23.7 Å². The minimum Gasteiger partial charge on any atom is -0.444 e. The van der Waals surface area contributed by atoms with Crippen LogP contribution >= 0.6 is 0 Å². The number of carbonyl (C=O) groups is 2. The van der Waals surface area contributed by atoms with Gasteiger partial charge in [0.15, 0.2) is 5.65 Å². The normalized spacial score (nSPS) is 17.4. The molecule has 1 atom stereocenters. The van der Waals surface area contributed by atoms with Crippen molar-refractivity contribution in [1.29, 1.82) is 5.26 Å². The van der Waals surface area contributed by atoms with Gasteiger partial charge in [0.25, 0.3) is 0 Å². The summed E-state index contributed by atoms with van der Waals surface area (Å²) < 4.78 is 12.0. The minimum atomic E-state index is -0.575. The molecule has 0 saturated carbocycles. The third kappa shape index (κ3) is 5.48. The van der Waals surface area contributed by atoms with Crippen LogP contribution in [0.15, 0.2) is 30.3 Å². The average molecular weight is 519 g/mol. The number of nitriles is 1. The molecule has 0 radical (unpaired) electrons. The molecule has 1 aromatic carbocycles. The number of rotatable bonds is 7. The Balaban J connectivity index is 1.79. The predicted octanol–water partition coefficient (Wildman–Crippen LogP) is 4.15. The highest BCUT2D eigenvalue weighted by Crippen LogP contribution is 2.41. The van der Waals surface area contributed by atoms with Gasteiger partial charge >= 0.3 is 6.09 Å². The van der Waals surface area contributed by atoms with Gasteiger partial charge in [-0.1, -0.05) is 37.3 Å². The molecular formula is C28H34N6O4. The number of aromatic nitrogens is 3. The quantitative estimate of drug-likeness (QED) is 0.463. The Morgan fingerprint density at radius 1 is 1.24 bits per heavy atom. The van der Waals surface area contributed by atoms with Crippen molar-refractivity contribution >= 4 is 23.3 Å². The Kier molecular flexibility index (Phi) is 7.42. The number of ketones is 1. The van der Waals surface area contributed by atoms with Gasteiger partial charge in [-0.25, -0.2) is 9.78 Å². The highest BCUT2D eigenvalue weighted by atomic mass is 16.6. The average Bonchev–Trinajstić information content (AvgIpc) is 3.46. The van der Waals surface area contributed by atoms with Gasteiger partial charge in [0.2, 0.25) is 11.6 Å². The summed E-state index contributed by atoms with van der Waals surface area (Å²) in [5, 5.41) is 17.6. The number of methoxy groups -OCH3 is 1. The van der Waals surface area contributed by atoms with Gasteiger partial charge < -0.3 is 19.7 Å². The zero-order valence-corrected chi connectivity index (χ0v) is 22.8. The molecular weight excluding hydrogens is 484 g/mol. The van der Waals surface area contributed by atoms with Crippen LogP contribution in [0.5, 0.6) is 0 Å². The van der Waals surface area contributed by atoms with E-state index in [4.69, 9.17) is 9.47 Å². The number of benzene rings is 1. The van der Waals surface area contributed by atoms with Gasteiger partial charge in [-0.15, -0.1) is 5.10 Å². The molecule has 1 N–H and O–H groups in total. The molecule has 200 valence electrons. The standard InChI is InChI=1S/C28H34N6O4/c1-18-20(14-29)24-31-23(21(35)15-37-6)32-34(24)25(22(18)19-10-8-7-9-11-19)33-13-12-28(5,17-33)16-30-26(36)38-27(2,3)4/h7-11H,12-13,15-17H2,1-6H3,(H,30,36)/t28-/m0/s1. The van der Waals surface area contributed by atoms with Crippen LogP contribution in [0.2, 0.25) is 0 Å². The second-order valence-electron chi connectivity index (χ2n) is 11.0. The van der Waals surface area contributed by atoms with E-state index < -0.39 is 11.7 Å². The summed E-state index contributed by atoms with van der Waals surface area (Å²) in [6.07, 6.45) is 0.359. The number of hydrogen-bond donors (Lipinski definition) is 1. The molecule has 1 aliphatic rings. The van der Waals surface area contributed by atoms with E-state index in [2.05, 4.69) is 33.3 Å². The van der Waals surface area contributed by atoms with Crippen molar-refractivity contribution < 1.29 is 19.1 Å². The number of nitrogens with one attached hydrogen (secondary N) is 1. The molecule has 3 aromatic rings. The summed E-state index contributed by atoms with van der Waals surface area (Å²) in [5.41, 5.74) is 2.43. The van der Waals surface area contributed by atoms with Gasteiger partial charge in [0.05, 0.1) is 0 Å². The van der Waals surface area contributed by atoms with E-state index in [-0.39, 0.29) is 23.6 Å². The van der Waals surface area contributed by atoms with Gasteiger partial charge in [-0.2, -0.15) is 9.78 Å². The number of anilines is 1. The van der Waals surface area contributed by atoms with Crippen LogP contribution in [0.1, 0.15) is 55.9 Å². The number of carbonyl (C=O) groups excluding carboxylic acids is 2. The van der Waals surface area contributed by atoms with Crippen LogP contribution < -0.4 is 10.2 Å². The number of nitrogens with zero attached hydrogens (tertiary/aromatic N) is 5. The van der Waals surface area contributed by atoms with Gasteiger partial charge in [-0.3, -0.25) is 4.79 Å². The fourth-order valence-corrected chi connectivity index (χ4v) is 4.83. The fourth-order valence-electron chi connectivity index (χ4n) is 4.83. The van der Waals surface area contributed by atoms with Crippen molar-refractivity contribution in [2.24, 2.45) is 5.41 Å². The third-order valence-corrected chi connectivity index (χ3v) is 6.62. The zero-order chi connectivity index (χ0) is 27.7. The smallest absolute Gasteiger partial charge is 0.407 e. The molecule has 0 aliphatic carbocycles. The summed E-state index contributed by atoms with van der Waals surface area (Å²) in [7, 11) is 1.44. The van der Waals surface area contributed by atoms with Crippen molar-refractivity contribution in [3.05, 3.63) is 47.3 Å². The first-order valence-electron chi connectivity index (χ1n) is 12.6. The molecule has 2 aromatic heterocycles. The Labute approximate surface area is 222 Å². The Hall–Kier alpha value is -3.97. The van der Waals surface area contributed by atoms with Crippen molar-refractivity contribution in [3.8, 4) is 17.2 Å². The Morgan fingerprint density at radius 2 is 1.95 bits per heavy atom. The monoisotopic (exact) mass is 518 g/mol. The van der Waals surface area contributed by atoms with Crippen molar-refractivity contribution in [1.82, 2.24) is 19.9 Å². The number of fused-ring (bicyclic) bond motifs is 1. The van der Waals surface area contributed by atoms with Gasteiger partial charge in [-0.05, 0) is 45.2 Å². The molecule has 0 bridgehead atoms. The highest BCUT2D eigenvalue weighted by Gasteiger charge is 2.38. The Morgan fingerprint density at radius 3 is 2.58 bits per heavy atom. The molecule has 10 nitrogen and oxygen atoms in total. The summed E-state index contributed by atoms with van der Waals surface area (Å²) >= 11 is 0. The fraction of sp³-hybridized carbons (Fsp3) is 0.464. The van der Waals surface area contributed by atoms with Crippen LogP contribution in [-0.2, 0) is 9.47 Å². The summed E-state index contributed by atoms with van der Waals surface area (Å²) in [4.78, 5) is 31.6. The number of Topliss-reactive ketones (excluding diaryl/α,β-unsaturated/α-hetero) is 1. The van der Waals surface area contributed by atoms with E-state index in [0.29, 0.717) is 30.8 Å². The lowest BCUT2D eigenvalue weighted by atomic mass is 9.90. The van der Waals surface area contributed by atoms with E-state index in [1.165, 1.54) is 7.11 Å². The highest BCUT2D eigenvalue weighted by molar-refractivity contribution is 5.95. The Bertz CT molecular complexity index is 1400. The van der Waals surface area contributed by atoms with Crippen LogP contribution in [0.3, 0.4) is 0 Å². The van der Waals surface area contributed by atoms with Crippen LogP contribution in [-0.4, -0.2) is 65.4 Å². The largest absolute Gasteiger partial charge is 0.444 e.